The number of halogens is 1. The summed E-state index contributed by atoms with van der Waals surface area (Å²) in [5.74, 6) is 2.12. The molecule has 2 atom stereocenters. The van der Waals surface area contributed by atoms with E-state index in [1.165, 1.54) is 6.17 Å². The van der Waals surface area contributed by atoms with Crippen LogP contribution in [-0.4, -0.2) is 19.4 Å². The lowest BCUT2D eigenvalue weighted by atomic mass is 10.2. The van der Waals surface area contributed by atoms with E-state index in [0.717, 1.165) is 0 Å². The predicted octanol–water partition coefficient (Wildman–Crippen LogP) is 1.47. The Morgan fingerprint density at radius 3 is 2.90 bits per heavy atom. The van der Waals surface area contributed by atoms with Crippen molar-refractivity contribution in [2.75, 3.05) is 19.4 Å². The average molecular weight is 162 g/mol. The first-order chi connectivity index (χ1) is 4.64. The maximum atomic E-state index is 11.4. The molecule has 1 aliphatic heterocycles. The van der Waals surface area contributed by atoms with E-state index in [1.54, 1.807) is 6.66 Å². The van der Waals surface area contributed by atoms with Gasteiger partial charge in [0.25, 0.3) is 0 Å². The molecule has 0 aliphatic carbocycles. The molecule has 10 heavy (non-hydrogen) atoms. The first-order valence-electron chi connectivity index (χ1n) is 2.96. The molecule has 0 aromatic carbocycles. The van der Waals surface area contributed by atoms with Crippen molar-refractivity contribution in [3.63, 3.8) is 0 Å². The van der Waals surface area contributed by atoms with Crippen molar-refractivity contribution in [2.24, 2.45) is 5.92 Å². The SMILES string of the molecule is CP1(=O)CC(C#CF)CO1. The summed E-state index contributed by atoms with van der Waals surface area (Å²) in [6, 6.07) is 0. The van der Waals surface area contributed by atoms with Gasteiger partial charge in [0.2, 0.25) is 7.37 Å². The largest absolute Gasteiger partial charge is 0.327 e. The predicted molar refractivity (Wildman–Crippen MR) is 36.7 cm³/mol. The molecule has 0 saturated carbocycles. The van der Waals surface area contributed by atoms with Gasteiger partial charge in [0.1, 0.15) is 6.17 Å². The second-order valence-corrected chi connectivity index (χ2v) is 5.08. The third-order valence-corrected chi connectivity index (χ3v) is 3.16. The van der Waals surface area contributed by atoms with Crippen LogP contribution in [0.5, 0.6) is 0 Å². The van der Waals surface area contributed by atoms with Gasteiger partial charge in [0.05, 0.1) is 12.5 Å². The van der Waals surface area contributed by atoms with E-state index in [-0.39, 0.29) is 5.92 Å². The maximum Gasteiger partial charge on any atom is 0.201 e. The summed E-state index contributed by atoms with van der Waals surface area (Å²) in [7, 11) is -2.40. The molecule has 0 radical (unpaired) electrons. The highest BCUT2D eigenvalue weighted by molar-refractivity contribution is 7.58. The number of rotatable bonds is 0. The molecule has 0 amide bonds. The Kier molecular flexibility index (Phi) is 2.13. The van der Waals surface area contributed by atoms with Crippen LogP contribution in [-0.2, 0) is 9.09 Å². The van der Waals surface area contributed by atoms with Crippen molar-refractivity contribution in [3.8, 4) is 12.1 Å². The van der Waals surface area contributed by atoms with Gasteiger partial charge in [0.15, 0.2) is 0 Å². The molecule has 0 aromatic rings. The van der Waals surface area contributed by atoms with Gasteiger partial charge >= 0.3 is 0 Å². The van der Waals surface area contributed by atoms with Crippen LogP contribution in [0.4, 0.5) is 4.39 Å². The Morgan fingerprint density at radius 1 is 1.80 bits per heavy atom. The number of hydrogen-bond donors (Lipinski definition) is 0. The minimum atomic E-state index is -2.40. The first kappa shape index (κ1) is 7.78. The molecule has 2 nitrogen and oxygen atoms in total. The van der Waals surface area contributed by atoms with Crippen molar-refractivity contribution in [1.29, 1.82) is 0 Å². The minimum Gasteiger partial charge on any atom is -0.327 e. The van der Waals surface area contributed by atoms with Crippen LogP contribution in [0.1, 0.15) is 0 Å². The van der Waals surface area contributed by atoms with E-state index in [0.29, 0.717) is 12.8 Å². The molecule has 0 aromatic heterocycles. The van der Waals surface area contributed by atoms with E-state index < -0.39 is 7.37 Å². The van der Waals surface area contributed by atoms with Crippen molar-refractivity contribution in [1.82, 2.24) is 0 Å². The van der Waals surface area contributed by atoms with Gasteiger partial charge < -0.3 is 4.52 Å². The van der Waals surface area contributed by atoms with Crippen LogP contribution >= 0.6 is 7.37 Å². The highest BCUT2D eigenvalue weighted by Crippen LogP contribution is 2.49. The summed E-state index contributed by atoms with van der Waals surface area (Å²) >= 11 is 0. The first-order valence-corrected chi connectivity index (χ1v) is 5.22. The molecule has 2 unspecified atom stereocenters. The molecular formula is C6H8FO2P. The van der Waals surface area contributed by atoms with E-state index in [9.17, 15) is 8.96 Å². The van der Waals surface area contributed by atoms with Crippen molar-refractivity contribution >= 4 is 7.37 Å². The van der Waals surface area contributed by atoms with Gasteiger partial charge in [0, 0.05) is 12.8 Å². The monoisotopic (exact) mass is 162 g/mol. The van der Waals surface area contributed by atoms with Crippen molar-refractivity contribution in [3.05, 3.63) is 0 Å². The minimum absolute atomic E-state index is 0.166. The Hall–Kier alpha value is -0.320. The zero-order chi connectivity index (χ0) is 7.61. The lowest BCUT2D eigenvalue weighted by Gasteiger charge is -1.98. The summed E-state index contributed by atoms with van der Waals surface area (Å²) in [5, 5.41) is 0. The van der Waals surface area contributed by atoms with Gasteiger partial charge in [-0.25, -0.2) is 0 Å². The summed E-state index contributed by atoms with van der Waals surface area (Å²) in [4.78, 5) is 0. The molecule has 56 valence electrons. The van der Waals surface area contributed by atoms with Gasteiger partial charge in [-0.15, -0.1) is 4.39 Å². The van der Waals surface area contributed by atoms with Crippen LogP contribution in [0.15, 0.2) is 0 Å². The van der Waals surface area contributed by atoms with Crippen LogP contribution in [0, 0.1) is 18.0 Å². The standard InChI is InChI=1S/C6H8FO2P/c1-10(8)5-6(2-3-7)4-9-10/h6H,4-5H2,1H3. The summed E-state index contributed by atoms with van der Waals surface area (Å²) in [6.07, 6.45) is 1.69. The summed E-state index contributed by atoms with van der Waals surface area (Å²) < 4.78 is 27.4. The van der Waals surface area contributed by atoms with E-state index in [4.69, 9.17) is 4.52 Å². The molecule has 0 spiro atoms. The zero-order valence-electron chi connectivity index (χ0n) is 5.63. The molecule has 1 heterocycles. The fourth-order valence-electron chi connectivity index (χ4n) is 0.918. The average Bonchev–Trinajstić information content (AvgIpc) is 2.12. The zero-order valence-corrected chi connectivity index (χ0v) is 6.53. The fraction of sp³-hybridized carbons (Fsp3) is 0.667. The molecule has 1 aliphatic rings. The van der Waals surface area contributed by atoms with Crippen LogP contribution < -0.4 is 0 Å². The van der Waals surface area contributed by atoms with Crippen molar-refractivity contribution < 1.29 is 13.5 Å². The van der Waals surface area contributed by atoms with Crippen molar-refractivity contribution in [2.45, 2.75) is 0 Å². The summed E-state index contributed by atoms with van der Waals surface area (Å²) in [5.41, 5.74) is 0. The van der Waals surface area contributed by atoms with E-state index in [1.807, 2.05) is 0 Å². The Labute approximate surface area is 59.2 Å². The van der Waals surface area contributed by atoms with E-state index >= 15 is 0 Å². The Balaban J connectivity index is 2.57. The second-order valence-electron chi connectivity index (χ2n) is 2.43. The van der Waals surface area contributed by atoms with E-state index in [2.05, 4.69) is 5.92 Å². The van der Waals surface area contributed by atoms with Gasteiger partial charge in [-0.2, -0.15) is 0 Å². The van der Waals surface area contributed by atoms with Crippen LogP contribution in [0.25, 0.3) is 0 Å². The Bertz CT molecular complexity index is 228. The molecule has 0 N–H and O–H groups in total. The molecule has 0 bridgehead atoms. The third kappa shape index (κ3) is 1.83. The quantitative estimate of drug-likeness (QED) is 0.398. The lowest BCUT2D eigenvalue weighted by Crippen LogP contribution is -1.97. The lowest BCUT2D eigenvalue weighted by molar-refractivity contribution is 0.334. The Morgan fingerprint density at radius 2 is 2.50 bits per heavy atom. The maximum absolute atomic E-state index is 11.4. The molecular weight excluding hydrogens is 154 g/mol. The normalized spacial score (nSPS) is 38.8. The summed E-state index contributed by atoms with van der Waals surface area (Å²) in [6.45, 7) is 1.86. The molecule has 1 saturated heterocycles. The molecule has 1 fully saturated rings. The van der Waals surface area contributed by atoms with Gasteiger partial charge in [-0.3, -0.25) is 4.57 Å². The van der Waals surface area contributed by atoms with Gasteiger partial charge in [-0.05, 0) is 0 Å². The number of hydrogen-bond acceptors (Lipinski definition) is 2. The fourth-order valence-corrected chi connectivity index (χ4v) is 2.52. The third-order valence-electron chi connectivity index (χ3n) is 1.36. The molecule has 4 heteroatoms. The van der Waals surface area contributed by atoms with Crippen LogP contribution in [0.3, 0.4) is 0 Å². The smallest absolute Gasteiger partial charge is 0.201 e. The topological polar surface area (TPSA) is 26.3 Å². The molecule has 1 rings (SSSR count). The van der Waals surface area contributed by atoms with Gasteiger partial charge in [-0.1, -0.05) is 5.92 Å². The van der Waals surface area contributed by atoms with Crippen LogP contribution in [0.2, 0.25) is 0 Å². The second kappa shape index (κ2) is 2.74. The highest BCUT2D eigenvalue weighted by Gasteiger charge is 2.29. The highest BCUT2D eigenvalue weighted by atomic mass is 31.2.